The quantitative estimate of drug-likeness (QED) is 0.728. The van der Waals surface area contributed by atoms with Crippen molar-refractivity contribution in [3.8, 4) is 16.9 Å². The van der Waals surface area contributed by atoms with Crippen molar-refractivity contribution in [1.82, 2.24) is 0 Å². The first-order valence-electron chi connectivity index (χ1n) is 9.40. The molecule has 136 valence electrons. The number of nitrogens with one attached hydrogen (secondary N) is 1. The molecular weight excluding hydrogens is 322 g/mol. The number of hydrogen-bond donors (Lipinski definition) is 1. The summed E-state index contributed by atoms with van der Waals surface area (Å²) in [5, 5.41) is 2.79. The van der Waals surface area contributed by atoms with Crippen molar-refractivity contribution in [2.75, 3.05) is 12.4 Å². The van der Waals surface area contributed by atoms with Crippen LogP contribution in [0.4, 0.5) is 5.69 Å². The van der Waals surface area contributed by atoms with Crippen LogP contribution < -0.4 is 10.1 Å². The Bertz CT molecular complexity index is 771. The van der Waals surface area contributed by atoms with Crippen LogP contribution in [0.2, 0.25) is 0 Å². The SMILES string of the molecule is COc1cc(/C=C/C2CCCCC2)ccc1-c1ccc(NC(C)=O)cc1. The summed E-state index contributed by atoms with van der Waals surface area (Å²) in [4.78, 5) is 11.1. The summed E-state index contributed by atoms with van der Waals surface area (Å²) in [5.74, 6) is 1.52. The first-order valence-corrected chi connectivity index (χ1v) is 9.40. The fourth-order valence-corrected chi connectivity index (χ4v) is 3.56. The van der Waals surface area contributed by atoms with Gasteiger partial charge in [0, 0.05) is 18.2 Å². The highest BCUT2D eigenvalue weighted by Crippen LogP contribution is 2.32. The molecule has 0 radical (unpaired) electrons. The second kappa shape index (κ2) is 8.70. The average Bonchev–Trinajstić information content (AvgIpc) is 2.67. The number of ether oxygens (including phenoxy) is 1. The smallest absolute Gasteiger partial charge is 0.221 e. The van der Waals surface area contributed by atoms with E-state index >= 15 is 0 Å². The Morgan fingerprint density at radius 3 is 2.46 bits per heavy atom. The molecule has 0 aliphatic heterocycles. The summed E-state index contributed by atoms with van der Waals surface area (Å²) in [6.45, 7) is 1.51. The van der Waals surface area contributed by atoms with Crippen LogP contribution in [0.3, 0.4) is 0 Å². The molecule has 1 aliphatic rings. The van der Waals surface area contributed by atoms with Gasteiger partial charge in [0.2, 0.25) is 5.91 Å². The highest BCUT2D eigenvalue weighted by molar-refractivity contribution is 5.89. The molecule has 0 spiro atoms. The molecule has 2 aromatic carbocycles. The van der Waals surface area contributed by atoms with E-state index in [0.29, 0.717) is 0 Å². The third-order valence-electron chi connectivity index (χ3n) is 4.95. The molecule has 0 saturated heterocycles. The van der Waals surface area contributed by atoms with Crippen molar-refractivity contribution in [3.63, 3.8) is 0 Å². The predicted octanol–water partition coefficient (Wildman–Crippen LogP) is 5.91. The number of amides is 1. The molecule has 1 aliphatic carbocycles. The standard InChI is InChI=1S/C23H27NO2/c1-17(25)24-21-13-11-20(12-14-21)22-15-10-19(16-23(22)26-2)9-8-18-6-4-3-5-7-18/h8-16,18H,3-7H2,1-2H3,(H,24,25)/b9-8+. The van der Waals surface area contributed by atoms with Crippen LogP contribution in [-0.2, 0) is 4.79 Å². The lowest BCUT2D eigenvalue weighted by Gasteiger charge is -2.17. The largest absolute Gasteiger partial charge is 0.496 e. The van der Waals surface area contributed by atoms with Crippen LogP contribution in [-0.4, -0.2) is 13.0 Å². The molecule has 0 heterocycles. The molecule has 1 fully saturated rings. The summed E-state index contributed by atoms with van der Waals surface area (Å²) in [6, 6.07) is 14.2. The zero-order valence-corrected chi connectivity index (χ0v) is 15.6. The molecule has 0 unspecified atom stereocenters. The van der Waals surface area contributed by atoms with E-state index in [2.05, 4.69) is 35.7 Å². The lowest BCUT2D eigenvalue weighted by atomic mass is 9.88. The van der Waals surface area contributed by atoms with Crippen molar-refractivity contribution < 1.29 is 9.53 Å². The van der Waals surface area contributed by atoms with Crippen LogP contribution >= 0.6 is 0 Å². The highest BCUT2D eigenvalue weighted by Gasteiger charge is 2.10. The number of anilines is 1. The Morgan fingerprint density at radius 2 is 1.81 bits per heavy atom. The Balaban J connectivity index is 1.77. The third-order valence-corrected chi connectivity index (χ3v) is 4.95. The molecule has 0 bridgehead atoms. The molecular formula is C23H27NO2. The Hall–Kier alpha value is -2.55. The average molecular weight is 349 g/mol. The van der Waals surface area contributed by atoms with Crippen LogP contribution in [0.25, 0.3) is 17.2 Å². The monoisotopic (exact) mass is 349 g/mol. The number of methoxy groups -OCH3 is 1. The van der Waals surface area contributed by atoms with Crippen molar-refractivity contribution in [1.29, 1.82) is 0 Å². The van der Waals surface area contributed by atoms with Crippen molar-refractivity contribution >= 4 is 17.7 Å². The topological polar surface area (TPSA) is 38.3 Å². The van der Waals surface area contributed by atoms with Crippen LogP contribution in [0, 0.1) is 5.92 Å². The Kier molecular flexibility index (Phi) is 6.11. The highest BCUT2D eigenvalue weighted by atomic mass is 16.5. The zero-order chi connectivity index (χ0) is 18.4. The van der Waals surface area contributed by atoms with Crippen molar-refractivity contribution in [3.05, 3.63) is 54.1 Å². The second-order valence-corrected chi connectivity index (χ2v) is 6.98. The molecule has 0 aromatic heterocycles. The summed E-state index contributed by atoms with van der Waals surface area (Å²) >= 11 is 0. The summed E-state index contributed by atoms with van der Waals surface area (Å²) in [5.41, 5.74) is 4.09. The molecule has 1 saturated carbocycles. The number of carbonyl (C=O) groups excluding carboxylic acids is 1. The second-order valence-electron chi connectivity index (χ2n) is 6.98. The number of benzene rings is 2. The number of rotatable bonds is 5. The van der Waals surface area contributed by atoms with Gasteiger partial charge in [0.15, 0.2) is 0 Å². The van der Waals surface area contributed by atoms with Gasteiger partial charge in [-0.05, 0) is 48.1 Å². The van der Waals surface area contributed by atoms with E-state index in [1.807, 2.05) is 24.3 Å². The maximum atomic E-state index is 11.1. The van der Waals surface area contributed by atoms with Crippen LogP contribution in [0.5, 0.6) is 5.75 Å². The van der Waals surface area contributed by atoms with Gasteiger partial charge in [0.1, 0.15) is 5.75 Å². The minimum absolute atomic E-state index is 0.0653. The zero-order valence-electron chi connectivity index (χ0n) is 15.6. The van der Waals surface area contributed by atoms with Gasteiger partial charge in [-0.15, -0.1) is 0 Å². The van der Waals surface area contributed by atoms with Crippen LogP contribution in [0.15, 0.2) is 48.5 Å². The van der Waals surface area contributed by atoms with Gasteiger partial charge in [0.05, 0.1) is 7.11 Å². The lowest BCUT2D eigenvalue weighted by molar-refractivity contribution is -0.114. The molecule has 1 N–H and O–H groups in total. The minimum atomic E-state index is -0.0653. The van der Waals surface area contributed by atoms with Gasteiger partial charge in [-0.3, -0.25) is 4.79 Å². The van der Waals surface area contributed by atoms with E-state index in [-0.39, 0.29) is 5.91 Å². The van der Waals surface area contributed by atoms with E-state index in [0.717, 1.165) is 28.5 Å². The summed E-state index contributed by atoms with van der Waals surface area (Å²) in [6.07, 6.45) is 11.3. The number of hydrogen-bond acceptors (Lipinski definition) is 2. The van der Waals surface area contributed by atoms with Crippen LogP contribution in [0.1, 0.15) is 44.6 Å². The molecule has 3 heteroatoms. The van der Waals surface area contributed by atoms with Gasteiger partial charge in [0.25, 0.3) is 0 Å². The fraction of sp³-hybridized carbons (Fsp3) is 0.348. The summed E-state index contributed by atoms with van der Waals surface area (Å²) < 4.78 is 5.62. The van der Waals surface area contributed by atoms with E-state index < -0.39 is 0 Å². The predicted molar refractivity (Wildman–Crippen MR) is 108 cm³/mol. The van der Waals surface area contributed by atoms with E-state index in [1.54, 1.807) is 7.11 Å². The van der Waals surface area contributed by atoms with Gasteiger partial charge in [-0.1, -0.05) is 55.7 Å². The first kappa shape index (κ1) is 18.2. The molecule has 3 rings (SSSR count). The van der Waals surface area contributed by atoms with Gasteiger partial charge < -0.3 is 10.1 Å². The molecule has 3 nitrogen and oxygen atoms in total. The number of allylic oxidation sites excluding steroid dienone is 1. The number of carbonyl (C=O) groups is 1. The van der Waals surface area contributed by atoms with E-state index in [1.165, 1.54) is 44.6 Å². The Morgan fingerprint density at radius 1 is 1.08 bits per heavy atom. The molecule has 0 atom stereocenters. The van der Waals surface area contributed by atoms with Crippen molar-refractivity contribution in [2.45, 2.75) is 39.0 Å². The third kappa shape index (κ3) is 4.75. The van der Waals surface area contributed by atoms with Crippen molar-refractivity contribution in [2.24, 2.45) is 5.92 Å². The molecule has 2 aromatic rings. The van der Waals surface area contributed by atoms with E-state index in [4.69, 9.17) is 4.74 Å². The van der Waals surface area contributed by atoms with Gasteiger partial charge >= 0.3 is 0 Å². The fourth-order valence-electron chi connectivity index (χ4n) is 3.56. The maximum absolute atomic E-state index is 11.1. The van der Waals surface area contributed by atoms with Gasteiger partial charge in [-0.2, -0.15) is 0 Å². The normalized spacial score (nSPS) is 15.2. The van der Waals surface area contributed by atoms with Gasteiger partial charge in [-0.25, -0.2) is 0 Å². The Labute approximate surface area is 156 Å². The minimum Gasteiger partial charge on any atom is -0.496 e. The van der Waals surface area contributed by atoms with E-state index in [9.17, 15) is 4.79 Å². The molecule has 26 heavy (non-hydrogen) atoms. The lowest BCUT2D eigenvalue weighted by Crippen LogP contribution is -2.05. The first-order chi connectivity index (χ1) is 12.7. The molecule has 1 amide bonds. The summed E-state index contributed by atoms with van der Waals surface area (Å²) in [7, 11) is 1.71. The maximum Gasteiger partial charge on any atom is 0.221 e.